The molecular formula is C27H24BrNO3. The van der Waals surface area contributed by atoms with Crippen LogP contribution in [0.25, 0.3) is 6.08 Å². The summed E-state index contributed by atoms with van der Waals surface area (Å²) >= 11 is 3.54. The zero-order valence-corrected chi connectivity index (χ0v) is 19.5. The van der Waals surface area contributed by atoms with E-state index in [0.29, 0.717) is 30.3 Å². The second-order valence-electron chi connectivity index (χ2n) is 8.25. The van der Waals surface area contributed by atoms with Gasteiger partial charge in [0.15, 0.2) is 5.76 Å². The Labute approximate surface area is 196 Å². The van der Waals surface area contributed by atoms with Crippen LogP contribution in [0.15, 0.2) is 70.9 Å². The van der Waals surface area contributed by atoms with Gasteiger partial charge in [0.25, 0.3) is 0 Å². The van der Waals surface area contributed by atoms with Crippen LogP contribution in [0.5, 0.6) is 11.5 Å². The Morgan fingerprint density at radius 1 is 1.09 bits per heavy atom. The molecule has 0 unspecified atom stereocenters. The van der Waals surface area contributed by atoms with E-state index in [9.17, 15) is 4.79 Å². The number of allylic oxidation sites excluding steroid dienone is 1. The summed E-state index contributed by atoms with van der Waals surface area (Å²) in [6, 6.07) is 20.3. The number of halogens is 1. The number of aryl methyl sites for hydroxylation is 2. The van der Waals surface area contributed by atoms with E-state index in [4.69, 9.17) is 9.47 Å². The zero-order chi connectivity index (χ0) is 22.1. The lowest BCUT2D eigenvalue weighted by Gasteiger charge is -2.30. The first-order chi connectivity index (χ1) is 15.6. The molecule has 3 aromatic carbocycles. The van der Waals surface area contributed by atoms with Gasteiger partial charge in [0.2, 0.25) is 5.78 Å². The van der Waals surface area contributed by atoms with Gasteiger partial charge in [0.1, 0.15) is 18.2 Å². The normalized spacial score (nSPS) is 16.4. The quantitative estimate of drug-likeness (QED) is 0.402. The molecule has 5 heteroatoms. The molecule has 2 aliphatic heterocycles. The number of Topliss-reactive ketones (excluding diaryl/α,β-unsaturated/α-hetero) is 1. The second kappa shape index (κ2) is 8.93. The lowest BCUT2D eigenvalue weighted by Crippen LogP contribution is -2.33. The third-order valence-corrected chi connectivity index (χ3v) is 6.68. The summed E-state index contributed by atoms with van der Waals surface area (Å²) in [5, 5.41) is 0. The van der Waals surface area contributed by atoms with Crippen molar-refractivity contribution in [3.63, 3.8) is 0 Å². The van der Waals surface area contributed by atoms with Crippen molar-refractivity contribution in [2.45, 2.75) is 26.3 Å². The Balaban J connectivity index is 1.36. The van der Waals surface area contributed by atoms with E-state index < -0.39 is 0 Å². The Morgan fingerprint density at radius 3 is 2.69 bits per heavy atom. The van der Waals surface area contributed by atoms with E-state index in [2.05, 4.69) is 45.1 Å². The molecular weight excluding hydrogens is 466 g/mol. The number of carbonyl (C=O) groups excluding carboxylic acids is 1. The van der Waals surface area contributed by atoms with E-state index in [1.165, 1.54) is 5.56 Å². The van der Waals surface area contributed by atoms with Crippen LogP contribution in [0, 0.1) is 6.92 Å². The van der Waals surface area contributed by atoms with Gasteiger partial charge in [-0.25, -0.2) is 0 Å². The maximum absolute atomic E-state index is 13.2. The first kappa shape index (κ1) is 21.0. The van der Waals surface area contributed by atoms with Gasteiger partial charge in [-0.15, -0.1) is 0 Å². The molecule has 0 aliphatic carbocycles. The van der Waals surface area contributed by atoms with Crippen LogP contribution in [0.1, 0.15) is 39.0 Å². The molecule has 0 bridgehead atoms. The van der Waals surface area contributed by atoms with Gasteiger partial charge in [-0.1, -0.05) is 64.5 Å². The van der Waals surface area contributed by atoms with Gasteiger partial charge >= 0.3 is 0 Å². The molecule has 0 aromatic heterocycles. The predicted molar refractivity (Wildman–Crippen MR) is 129 cm³/mol. The highest BCUT2D eigenvalue weighted by molar-refractivity contribution is 9.10. The van der Waals surface area contributed by atoms with Gasteiger partial charge in [0, 0.05) is 17.6 Å². The van der Waals surface area contributed by atoms with Gasteiger partial charge in [0.05, 0.1) is 11.1 Å². The van der Waals surface area contributed by atoms with Crippen LogP contribution in [0.4, 0.5) is 0 Å². The summed E-state index contributed by atoms with van der Waals surface area (Å²) in [4.78, 5) is 15.4. The largest absolute Gasteiger partial charge is 0.478 e. The number of rotatable bonds is 5. The van der Waals surface area contributed by atoms with Crippen molar-refractivity contribution in [1.82, 2.24) is 4.90 Å². The third-order valence-electron chi connectivity index (χ3n) is 5.96. The zero-order valence-electron chi connectivity index (χ0n) is 17.9. The lowest BCUT2D eigenvalue weighted by molar-refractivity contribution is 0.0928. The number of fused-ring (bicyclic) bond motifs is 3. The fourth-order valence-corrected chi connectivity index (χ4v) is 4.70. The van der Waals surface area contributed by atoms with Crippen molar-refractivity contribution in [1.29, 1.82) is 0 Å². The maximum atomic E-state index is 13.2. The molecule has 0 saturated heterocycles. The standard InChI is InChI=1S/C27H24BrNO3/c1-18-14-23-21(16-29(17-31-23)13-7-10-19-8-3-2-4-9-19)27-25(18)26(30)24(32-27)15-20-11-5-6-12-22(20)28/h2-6,8-9,11-12,14-15H,7,10,13,16-17H2,1H3/b24-15-. The van der Waals surface area contributed by atoms with E-state index in [-0.39, 0.29) is 5.78 Å². The number of nitrogens with zero attached hydrogens (tertiary/aromatic N) is 1. The van der Waals surface area contributed by atoms with Crippen molar-refractivity contribution < 1.29 is 14.3 Å². The van der Waals surface area contributed by atoms with Crippen LogP contribution in [0.2, 0.25) is 0 Å². The van der Waals surface area contributed by atoms with Crippen LogP contribution < -0.4 is 9.47 Å². The van der Waals surface area contributed by atoms with Crippen LogP contribution >= 0.6 is 15.9 Å². The number of hydrogen-bond donors (Lipinski definition) is 0. The minimum Gasteiger partial charge on any atom is -0.478 e. The predicted octanol–water partition coefficient (Wildman–Crippen LogP) is 6.16. The minimum atomic E-state index is -0.0720. The SMILES string of the molecule is Cc1cc2c(c3c1C(=O)/C(=C/c1ccccc1Br)O3)CN(CCCc1ccccc1)CO2. The van der Waals surface area contributed by atoms with Crippen molar-refractivity contribution in [3.8, 4) is 11.5 Å². The number of ether oxygens (including phenoxy) is 2. The highest BCUT2D eigenvalue weighted by atomic mass is 79.9. The molecule has 3 aromatic rings. The molecule has 5 rings (SSSR count). The summed E-state index contributed by atoms with van der Waals surface area (Å²) in [5.74, 6) is 1.74. The van der Waals surface area contributed by atoms with Crippen LogP contribution in [-0.4, -0.2) is 24.0 Å². The number of carbonyl (C=O) groups is 1. The highest BCUT2D eigenvalue weighted by Gasteiger charge is 2.35. The summed E-state index contributed by atoms with van der Waals surface area (Å²) < 4.78 is 13.1. The third kappa shape index (κ3) is 4.10. The molecule has 0 amide bonds. The summed E-state index contributed by atoms with van der Waals surface area (Å²) in [6.45, 7) is 4.12. The number of hydrogen-bond acceptors (Lipinski definition) is 4. The Bertz CT molecular complexity index is 1200. The summed E-state index contributed by atoms with van der Waals surface area (Å²) in [7, 11) is 0. The van der Waals surface area contributed by atoms with Crippen LogP contribution in [0.3, 0.4) is 0 Å². The van der Waals surface area contributed by atoms with Crippen molar-refractivity contribution in [2.75, 3.05) is 13.3 Å². The minimum absolute atomic E-state index is 0.0720. The molecule has 0 radical (unpaired) electrons. The molecule has 162 valence electrons. The highest BCUT2D eigenvalue weighted by Crippen LogP contribution is 2.44. The summed E-state index contributed by atoms with van der Waals surface area (Å²) in [5.41, 5.74) is 4.75. The van der Waals surface area contributed by atoms with Crippen LogP contribution in [-0.2, 0) is 13.0 Å². The topological polar surface area (TPSA) is 38.8 Å². The van der Waals surface area contributed by atoms with Gasteiger partial charge in [-0.3, -0.25) is 9.69 Å². The van der Waals surface area contributed by atoms with E-state index >= 15 is 0 Å². The molecule has 0 spiro atoms. The Kier molecular flexibility index (Phi) is 5.85. The first-order valence-corrected chi connectivity index (χ1v) is 11.6. The molecule has 2 heterocycles. The smallest absolute Gasteiger partial charge is 0.232 e. The van der Waals surface area contributed by atoms with Crippen molar-refractivity contribution in [2.24, 2.45) is 0 Å². The average molecular weight is 490 g/mol. The first-order valence-electron chi connectivity index (χ1n) is 10.8. The molecule has 0 fully saturated rings. The molecule has 0 N–H and O–H groups in total. The molecule has 0 saturated carbocycles. The fraction of sp³-hybridized carbons (Fsp3) is 0.222. The van der Waals surface area contributed by atoms with Gasteiger partial charge in [-0.2, -0.15) is 0 Å². The van der Waals surface area contributed by atoms with E-state index in [1.807, 2.05) is 43.3 Å². The number of ketones is 1. The second-order valence-corrected chi connectivity index (χ2v) is 9.11. The average Bonchev–Trinajstić information content (AvgIpc) is 3.13. The molecule has 2 aliphatic rings. The maximum Gasteiger partial charge on any atom is 0.232 e. The fourth-order valence-electron chi connectivity index (χ4n) is 4.30. The van der Waals surface area contributed by atoms with Gasteiger partial charge in [-0.05, 0) is 54.7 Å². The molecule has 4 nitrogen and oxygen atoms in total. The van der Waals surface area contributed by atoms with Crippen molar-refractivity contribution >= 4 is 27.8 Å². The number of benzene rings is 3. The van der Waals surface area contributed by atoms with E-state index in [0.717, 1.165) is 46.3 Å². The summed E-state index contributed by atoms with van der Waals surface area (Å²) in [6.07, 6.45) is 3.88. The monoisotopic (exact) mass is 489 g/mol. The molecule has 32 heavy (non-hydrogen) atoms. The Hall–Kier alpha value is -2.89. The lowest BCUT2D eigenvalue weighted by atomic mass is 9.98. The van der Waals surface area contributed by atoms with Crippen molar-refractivity contribution in [3.05, 3.63) is 98.7 Å². The van der Waals surface area contributed by atoms with E-state index in [1.54, 1.807) is 6.08 Å². The Morgan fingerprint density at radius 2 is 1.88 bits per heavy atom. The molecule has 0 atom stereocenters. The van der Waals surface area contributed by atoms with Gasteiger partial charge < -0.3 is 9.47 Å².